The molecule has 2 fully saturated rings. The number of methoxy groups -OCH3 is 2. The first-order valence-electron chi connectivity index (χ1n) is 9.05. The van der Waals surface area contributed by atoms with Gasteiger partial charge < -0.3 is 19.5 Å². The monoisotopic (exact) mass is 366 g/mol. The van der Waals surface area contributed by atoms with Crippen molar-refractivity contribution in [1.29, 1.82) is 0 Å². The number of carbonyl (C=O) groups is 1. The molecule has 0 spiro atoms. The van der Waals surface area contributed by atoms with Crippen LogP contribution >= 0.6 is 0 Å². The number of rotatable bonds is 6. The number of carbonyl (C=O) groups excluding carboxylic acids is 1. The summed E-state index contributed by atoms with van der Waals surface area (Å²) in [6.07, 6.45) is 1.36. The van der Waals surface area contributed by atoms with E-state index in [2.05, 4.69) is 5.32 Å². The molecule has 1 amide bonds. The zero-order valence-corrected chi connectivity index (χ0v) is 15.3. The molecule has 144 valence electrons. The van der Waals surface area contributed by atoms with Crippen molar-refractivity contribution in [2.45, 2.75) is 37.1 Å². The molecule has 1 aromatic carbocycles. The van der Waals surface area contributed by atoms with Crippen molar-refractivity contribution in [1.82, 2.24) is 10.2 Å². The average Bonchev–Trinajstić information content (AvgIpc) is 3.05. The molecule has 26 heavy (non-hydrogen) atoms. The number of hydrogen-bond donors (Lipinski definition) is 1. The summed E-state index contributed by atoms with van der Waals surface area (Å²) in [4.78, 5) is 15.1. The lowest BCUT2D eigenvalue weighted by atomic mass is 10.0. The van der Waals surface area contributed by atoms with Gasteiger partial charge in [0.15, 0.2) is 0 Å². The van der Waals surface area contributed by atoms with Crippen molar-refractivity contribution in [3.8, 4) is 0 Å². The minimum absolute atomic E-state index is 0.0190. The van der Waals surface area contributed by atoms with Crippen LogP contribution in [0.3, 0.4) is 0 Å². The van der Waals surface area contributed by atoms with Crippen LogP contribution in [-0.2, 0) is 19.0 Å². The molecule has 3 rings (SSSR count). The van der Waals surface area contributed by atoms with Gasteiger partial charge in [0.1, 0.15) is 11.9 Å². The van der Waals surface area contributed by atoms with Gasteiger partial charge in [-0.15, -0.1) is 0 Å². The summed E-state index contributed by atoms with van der Waals surface area (Å²) < 4.78 is 30.1. The van der Waals surface area contributed by atoms with Crippen molar-refractivity contribution < 1.29 is 23.4 Å². The smallest absolute Gasteiger partial charge is 0.242 e. The van der Waals surface area contributed by atoms with E-state index in [9.17, 15) is 9.18 Å². The second-order valence-corrected chi connectivity index (χ2v) is 6.83. The van der Waals surface area contributed by atoms with Crippen molar-refractivity contribution in [3.63, 3.8) is 0 Å². The van der Waals surface area contributed by atoms with Gasteiger partial charge in [0.2, 0.25) is 5.91 Å². The lowest BCUT2D eigenvalue weighted by Crippen LogP contribution is -2.47. The van der Waals surface area contributed by atoms with E-state index < -0.39 is 6.04 Å². The highest BCUT2D eigenvalue weighted by Crippen LogP contribution is 2.27. The minimum Gasteiger partial charge on any atom is -0.379 e. The Labute approximate surface area is 153 Å². The number of nitrogens with one attached hydrogen (secondary N) is 1. The SMILES string of the molecule is CO[C@H]1CC(NC(=O)C(c2cccc(F)c2)N2CCOCC2)C[C@H]1OC. The number of hydrogen-bond acceptors (Lipinski definition) is 5. The van der Waals surface area contributed by atoms with Gasteiger partial charge in [-0.3, -0.25) is 9.69 Å². The molecule has 1 aliphatic carbocycles. The van der Waals surface area contributed by atoms with Crippen molar-refractivity contribution in [3.05, 3.63) is 35.6 Å². The summed E-state index contributed by atoms with van der Waals surface area (Å²) in [5.74, 6) is -0.456. The maximum Gasteiger partial charge on any atom is 0.242 e. The fourth-order valence-corrected chi connectivity index (χ4v) is 3.89. The highest BCUT2D eigenvalue weighted by Gasteiger charge is 2.37. The van der Waals surface area contributed by atoms with Crippen molar-refractivity contribution in [2.75, 3.05) is 40.5 Å². The van der Waals surface area contributed by atoms with E-state index in [0.29, 0.717) is 44.7 Å². The average molecular weight is 366 g/mol. The summed E-state index contributed by atoms with van der Waals surface area (Å²) in [6.45, 7) is 2.42. The summed E-state index contributed by atoms with van der Waals surface area (Å²) in [5, 5.41) is 3.12. The molecule has 1 heterocycles. The van der Waals surface area contributed by atoms with E-state index in [0.717, 1.165) is 0 Å². The topological polar surface area (TPSA) is 60.0 Å². The molecule has 2 aliphatic rings. The van der Waals surface area contributed by atoms with E-state index in [1.54, 1.807) is 26.4 Å². The third-order valence-corrected chi connectivity index (χ3v) is 5.22. The van der Waals surface area contributed by atoms with Crippen LogP contribution in [0.1, 0.15) is 24.4 Å². The zero-order chi connectivity index (χ0) is 18.5. The normalized spacial score (nSPS) is 28.0. The predicted molar refractivity (Wildman–Crippen MR) is 94.3 cm³/mol. The molecule has 4 atom stereocenters. The van der Waals surface area contributed by atoms with Gasteiger partial charge in [0, 0.05) is 33.4 Å². The molecule has 0 bridgehead atoms. The van der Waals surface area contributed by atoms with Gasteiger partial charge in [0.25, 0.3) is 0 Å². The quantitative estimate of drug-likeness (QED) is 0.827. The second kappa shape index (κ2) is 8.90. The fourth-order valence-electron chi connectivity index (χ4n) is 3.89. The van der Waals surface area contributed by atoms with Gasteiger partial charge in [0.05, 0.1) is 25.4 Å². The maximum absolute atomic E-state index is 13.7. The molecule has 6 nitrogen and oxygen atoms in total. The molecular weight excluding hydrogens is 339 g/mol. The molecule has 1 aromatic rings. The number of nitrogens with zero attached hydrogens (tertiary/aromatic N) is 1. The van der Waals surface area contributed by atoms with E-state index in [1.807, 2.05) is 4.90 Å². The molecule has 7 heteroatoms. The molecule has 0 radical (unpaired) electrons. The van der Waals surface area contributed by atoms with Crippen LogP contribution in [0.25, 0.3) is 0 Å². The van der Waals surface area contributed by atoms with Crippen LogP contribution < -0.4 is 5.32 Å². The third kappa shape index (κ3) is 4.40. The number of halogens is 1. The van der Waals surface area contributed by atoms with Crippen molar-refractivity contribution in [2.24, 2.45) is 0 Å². The van der Waals surface area contributed by atoms with Crippen LogP contribution in [0.2, 0.25) is 0 Å². The predicted octanol–water partition coefficient (Wildman–Crippen LogP) is 1.51. The highest BCUT2D eigenvalue weighted by atomic mass is 19.1. The Hall–Kier alpha value is -1.54. The Morgan fingerprint density at radius 2 is 1.88 bits per heavy atom. The molecule has 1 saturated heterocycles. The molecular formula is C19H27FN2O4. The Kier molecular flexibility index (Phi) is 6.58. The first-order valence-corrected chi connectivity index (χ1v) is 9.05. The van der Waals surface area contributed by atoms with E-state index in [-0.39, 0.29) is 30.0 Å². The Morgan fingerprint density at radius 3 is 2.46 bits per heavy atom. The number of morpholine rings is 1. The Morgan fingerprint density at radius 1 is 1.23 bits per heavy atom. The van der Waals surface area contributed by atoms with Gasteiger partial charge in [-0.2, -0.15) is 0 Å². The molecule has 0 aromatic heterocycles. The Balaban J connectivity index is 1.75. The van der Waals surface area contributed by atoms with Crippen LogP contribution in [0.15, 0.2) is 24.3 Å². The van der Waals surface area contributed by atoms with Gasteiger partial charge in [-0.05, 0) is 30.5 Å². The summed E-state index contributed by atoms with van der Waals surface area (Å²) in [6, 6.07) is 5.72. The summed E-state index contributed by atoms with van der Waals surface area (Å²) in [7, 11) is 3.31. The Bertz CT molecular complexity index is 597. The standard InChI is InChI=1S/C19H27FN2O4/c1-24-16-11-15(12-17(16)25-2)21-19(23)18(22-6-8-26-9-7-22)13-4-3-5-14(20)10-13/h3-5,10,15-18H,6-9,11-12H2,1-2H3,(H,21,23)/t15?,16-,17+,18?. The van der Waals surface area contributed by atoms with Gasteiger partial charge >= 0.3 is 0 Å². The van der Waals surface area contributed by atoms with Crippen LogP contribution in [0.4, 0.5) is 4.39 Å². The highest BCUT2D eigenvalue weighted by molar-refractivity contribution is 5.83. The second-order valence-electron chi connectivity index (χ2n) is 6.83. The zero-order valence-electron chi connectivity index (χ0n) is 15.3. The largest absolute Gasteiger partial charge is 0.379 e. The fraction of sp³-hybridized carbons (Fsp3) is 0.632. The van der Waals surface area contributed by atoms with E-state index in [4.69, 9.17) is 14.2 Å². The lowest BCUT2D eigenvalue weighted by Gasteiger charge is -2.34. The number of benzene rings is 1. The first-order chi connectivity index (χ1) is 12.6. The van der Waals surface area contributed by atoms with Crippen LogP contribution in [0, 0.1) is 5.82 Å². The van der Waals surface area contributed by atoms with E-state index >= 15 is 0 Å². The van der Waals surface area contributed by atoms with E-state index in [1.165, 1.54) is 12.1 Å². The molecule has 2 unspecified atom stereocenters. The summed E-state index contributed by atoms with van der Waals surface area (Å²) in [5.41, 5.74) is 0.661. The van der Waals surface area contributed by atoms with Gasteiger partial charge in [-0.1, -0.05) is 12.1 Å². The minimum atomic E-state index is -0.530. The maximum atomic E-state index is 13.7. The van der Waals surface area contributed by atoms with Gasteiger partial charge in [-0.25, -0.2) is 4.39 Å². The lowest BCUT2D eigenvalue weighted by molar-refractivity contribution is -0.129. The molecule has 1 saturated carbocycles. The first kappa shape index (κ1) is 19.2. The van der Waals surface area contributed by atoms with Crippen molar-refractivity contribution >= 4 is 5.91 Å². The molecule has 1 N–H and O–H groups in total. The molecule has 1 aliphatic heterocycles. The number of amides is 1. The summed E-state index contributed by atoms with van der Waals surface area (Å²) >= 11 is 0. The third-order valence-electron chi connectivity index (χ3n) is 5.22. The van der Waals surface area contributed by atoms with Crippen LogP contribution in [-0.4, -0.2) is 69.6 Å². The number of ether oxygens (including phenoxy) is 3. The van der Waals surface area contributed by atoms with Crippen LogP contribution in [0.5, 0.6) is 0 Å².